The molecule has 0 fully saturated rings. The summed E-state index contributed by atoms with van der Waals surface area (Å²) in [6.07, 6.45) is 4.00. The number of rotatable bonds is 3. The number of aromatic nitrogens is 3. The molecule has 1 aromatic heterocycles. The van der Waals surface area contributed by atoms with Crippen molar-refractivity contribution in [1.29, 1.82) is 0 Å². The predicted octanol–water partition coefficient (Wildman–Crippen LogP) is 1.60. The van der Waals surface area contributed by atoms with Crippen LogP contribution in [0.25, 0.3) is 0 Å². The summed E-state index contributed by atoms with van der Waals surface area (Å²) in [6, 6.07) is 0. The zero-order valence-corrected chi connectivity index (χ0v) is 7.55. The van der Waals surface area contributed by atoms with Crippen molar-refractivity contribution in [3.8, 4) is 0 Å². The lowest BCUT2D eigenvalue weighted by Gasteiger charge is -2.15. The molecule has 0 aliphatic heterocycles. The molecule has 0 radical (unpaired) electrons. The highest BCUT2D eigenvalue weighted by Gasteiger charge is 2.19. The normalized spacial score (nSPS) is 10.8. The molecule has 0 amide bonds. The molecule has 0 spiro atoms. The molecular weight excluding hydrogens is 199 g/mol. The summed E-state index contributed by atoms with van der Waals surface area (Å²) in [7, 11) is 0. The summed E-state index contributed by atoms with van der Waals surface area (Å²) >= 11 is 11.4. The predicted molar refractivity (Wildman–Crippen MR) is 48.1 cm³/mol. The van der Waals surface area contributed by atoms with Crippen molar-refractivity contribution in [3.05, 3.63) is 25.3 Å². The van der Waals surface area contributed by atoms with E-state index in [0.717, 1.165) is 0 Å². The lowest BCUT2D eigenvalue weighted by atomic mass is 10.6. The van der Waals surface area contributed by atoms with Gasteiger partial charge in [-0.05, 0) is 6.08 Å². The fourth-order valence-electron chi connectivity index (χ4n) is 0.504. The fourth-order valence-corrected chi connectivity index (χ4v) is 0.673. The molecule has 1 heterocycles. The molecule has 1 N–H and O–H groups in total. The van der Waals surface area contributed by atoms with Gasteiger partial charge in [-0.1, -0.05) is 29.8 Å². The molecule has 1 rings (SSSR count). The van der Waals surface area contributed by atoms with E-state index in [4.69, 9.17) is 23.2 Å². The minimum atomic E-state index is -1.25. The molecule has 64 valence electrons. The van der Waals surface area contributed by atoms with E-state index < -0.39 is 4.46 Å². The van der Waals surface area contributed by atoms with Gasteiger partial charge in [-0.25, -0.2) is 15.0 Å². The third-order valence-electron chi connectivity index (χ3n) is 1.03. The summed E-state index contributed by atoms with van der Waals surface area (Å²) in [5, 5.41) is 2.62. The lowest BCUT2D eigenvalue weighted by molar-refractivity contribution is 0.993. The van der Waals surface area contributed by atoms with Crippen LogP contribution in [0.5, 0.6) is 0 Å². The summed E-state index contributed by atoms with van der Waals surface area (Å²) < 4.78 is -1.25. The third-order valence-corrected chi connectivity index (χ3v) is 1.53. The minimum Gasteiger partial charge on any atom is -0.320 e. The molecule has 0 aromatic carbocycles. The molecule has 0 saturated carbocycles. The molecule has 6 heteroatoms. The Balaban J connectivity index is 2.70. The first kappa shape index (κ1) is 9.22. The van der Waals surface area contributed by atoms with E-state index in [1.165, 1.54) is 18.7 Å². The Morgan fingerprint density at radius 1 is 1.42 bits per heavy atom. The Labute approximate surface area is 79.7 Å². The maximum atomic E-state index is 5.69. The third kappa shape index (κ3) is 2.64. The maximum absolute atomic E-state index is 5.69. The topological polar surface area (TPSA) is 50.7 Å². The van der Waals surface area contributed by atoms with Gasteiger partial charge in [0.15, 0.2) is 0 Å². The van der Waals surface area contributed by atoms with E-state index in [-0.39, 0.29) is 0 Å². The van der Waals surface area contributed by atoms with E-state index in [1.807, 2.05) is 0 Å². The molecule has 0 bridgehead atoms. The van der Waals surface area contributed by atoms with E-state index in [0.29, 0.717) is 5.95 Å². The van der Waals surface area contributed by atoms with Gasteiger partial charge < -0.3 is 5.32 Å². The highest BCUT2D eigenvalue weighted by atomic mass is 35.5. The number of alkyl halides is 2. The molecule has 4 nitrogen and oxygen atoms in total. The van der Waals surface area contributed by atoms with Gasteiger partial charge in [-0.3, -0.25) is 0 Å². The first-order valence-electron chi connectivity index (χ1n) is 3.05. The summed E-state index contributed by atoms with van der Waals surface area (Å²) in [6.45, 7) is 3.43. The van der Waals surface area contributed by atoms with Crippen molar-refractivity contribution in [1.82, 2.24) is 15.0 Å². The van der Waals surface area contributed by atoms with Crippen molar-refractivity contribution in [2.45, 2.75) is 4.46 Å². The molecule has 0 aliphatic rings. The Bertz CT molecular complexity index is 262. The molecule has 12 heavy (non-hydrogen) atoms. The van der Waals surface area contributed by atoms with Crippen LogP contribution in [0, 0.1) is 0 Å². The van der Waals surface area contributed by atoms with Crippen LogP contribution in [-0.4, -0.2) is 19.4 Å². The second-order valence-electron chi connectivity index (χ2n) is 1.91. The van der Waals surface area contributed by atoms with Crippen LogP contribution in [0.4, 0.5) is 5.95 Å². The summed E-state index contributed by atoms with van der Waals surface area (Å²) in [5.74, 6) is 0.301. The summed E-state index contributed by atoms with van der Waals surface area (Å²) in [4.78, 5) is 11.2. The van der Waals surface area contributed by atoms with Gasteiger partial charge >= 0.3 is 0 Å². The lowest BCUT2D eigenvalue weighted by Crippen LogP contribution is -2.22. The smallest absolute Gasteiger partial charge is 0.228 e. The van der Waals surface area contributed by atoms with E-state index >= 15 is 0 Å². The van der Waals surface area contributed by atoms with Crippen molar-refractivity contribution in [2.75, 3.05) is 5.32 Å². The van der Waals surface area contributed by atoms with E-state index in [2.05, 4.69) is 26.8 Å². The molecule has 1 aromatic rings. The highest BCUT2D eigenvalue weighted by Crippen LogP contribution is 2.21. The largest absolute Gasteiger partial charge is 0.320 e. The molecule has 0 aliphatic carbocycles. The standard InChI is InChI=1S/C6H6Cl2N4/c1-2-6(7,8)12-5-10-3-9-4-11-5/h2-4H,1H2,(H,9,10,11,12). The fraction of sp³-hybridized carbons (Fsp3) is 0.167. The maximum Gasteiger partial charge on any atom is 0.228 e. The Hall–Kier alpha value is -0.870. The monoisotopic (exact) mass is 204 g/mol. The molecular formula is C6H6Cl2N4. The first-order valence-corrected chi connectivity index (χ1v) is 3.81. The van der Waals surface area contributed by atoms with Crippen molar-refractivity contribution < 1.29 is 0 Å². The number of hydrogen-bond acceptors (Lipinski definition) is 4. The van der Waals surface area contributed by atoms with E-state index in [1.54, 1.807) is 0 Å². The Morgan fingerprint density at radius 3 is 2.50 bits per heavy atom. The number of anilines is 1. The SMILES string of the molecule is C=CC(Cl)(Cl)Nc1ncncn1. The molecule has 0 atom stereocenters. The van der Waals surface area contributed by atoms with Gasteiger partial charge in [0.25, 0.3) is 0 Å². The van der Waals surface area contributed by atoms with Gasteiger partial charge in [-0.2, -0.15) is 0 Å². The van der Waals surface area contributed by atoms with Crippen LogP contribution in [0.3, 0.4) is 0 Å². The van der Waals surface area contributed by atoms with Crippen LogP contribution in [0.1, 0.15) is 0 Å². The van der Waals surface area contributed by atoms with Crippen LogP contribution < -0.4 is 5.32 Å². The zero-order chi connectivity index (χ0) is 9.03. The zero-order valence-electron chi connectivity index (χ0n) is 6.04. The second-order valence-corrected chi connectivity index (χ2v) is 3.30. The van der Waals surface area contributed by atoms with Crippen LogP contribution >= 0.6 is 23.2 Å². The number of halogens is 2. The highest BCUT2D eigenvalue weighted by molar-refractivity contribution is 6.50. The summed E-state index contributed by atoms with van der Waals surface area (Å²) in [5.41, 5.74) is 0. The van der Waals surface area contributed by atoms with Crippen LogP contribution in [0.15, 0.2) is 25.3 Å². The van der Waals surface area contributed by atoms with Gasteiger partial charge in [-0.15, -0.1) is 0 Å². The van der Waals surface area contributed by atoms with Crippen LogP contribution in [-0.2, 0) is 0 Å². The second kappa shape index (κ2) is 3.69. The van der Waals surface area contributed by atoms with Crippen molar-refractivity contribution in [2.24, 2.45) is 0 Å². The Morgan fingerprint density at radius 2 is 2.00 bits per heavy atom. The van der Waals surface area contributed by atoms with Gasteiger partial charge in [0.1, 0.15) is 12.7 Å². The molecule has 0 saturated heterocycles. The van der Waals surface area contributed by atoms with E-state index in [9.17, 15) is 0 Å². The van der Waals surface area contributed by atoms with Crippen molar-refractivity contribution >= 4 is 29.2 Å². The van der Waals surface area contributed by atoms with Gasteiger partial charge in [0.2, 0.25) is 10.4 Å². The average Bonchev–Trinajstić information content (AvgIpc) is 2.06. The molecule has 0 unspecified atom stereocenters. The van der Waals surface area contributed by atoms with Crippen molar-refractivity contribution in [3.63, 3.8) is 0 Å². The Kier molecular flexibility index (Phi) is 2.83. The van der Waals surface area contributed by atoms with Gasteiger partial charge in [0.05, 0.1) is 0 Å². The van der Waals surface area contributed by atoms with Crippen LogP contribution in [0.2, 0.25) is 0 Å². The minimum absolute atomic E-state index is 0.301. The number of hydrogen-bond donors (Lipinski definition) is 1. The quantitative estimate of drug-likeness (QED) is 0.462. The number of nitrogens with zero attached hydrogens (tertiary/aromatic N) is 3. The first-order chi connectivity index (χ1) is 5.64. The van der Waals surface area contributed by atoms with Gasteiger partial charge in [0, 0.05) is 0 Å². The number of nitrogens with one attached hydrogen (secondary N) is 1. The average molecular weight is 205 g/mol.